The van der Waals surface area contributed by atoms with E-state index in [1.54, 1.807) is 23.7 Å². The quantitative estimate of drug-likeness (QED) is 0.486. The number of aromatic amines is 1. The Balaban J connectivity index is 1.66. The van der Waals surface area contributed by atoms with Crippen LogP contribution in [0.15, 0.2) is 57.5 Å². The fourth-order valence-electron chi connectivity index (χ4n) is 3.35. The van der Waals surface area contributed by atoms with E-state index in [9.17, 15) is 9.59 Å². The standard InChI is InChI=1S/C18H19N5O4/c1-2-26-18(25)27-17-12-9-6-10-13(12)23-15(19-17)14(16(24)22-23)21-20-11-7-4-3-5-8-11/h3-8,10,12-13,17,19H,2,9H2,1H3,(H,22,24). The van der Waals surface area contributed by atoms with Crippen LogP contribution in [0, 0.1) is 5.92 Å². The van der Waals surface area contributed by atoms with E-state index in [-0.39, 0.29) is 29.8 Å². The molecule has 9 nitrogen and oxygen atoms in total. The molecule has 0 fully saturated rings. The van der Waals surface area contributed by atoms with Gasteiger partial charge in [-0.25, -0.2) is 4.79 Å². The summed E-state index contributed by atoms with van der Waals surface area (Å²) < 4.78 is 12.0. The number of H-pyrrole nitrogens is 1. The Hall–Kier alpha value is -3.36. The molecular weight excluding hydrogens is 350 g/mol. The van der Waals surface area contributed by atoms with Crippen LogP contribution in [0.5, 0.6) is 0 Å². The van der Waals surface area contributed by atoms with Crippen LogP contribution in [0.3, 0.4) is 0 Å². The molecule has 0 amide bonds. The molecule has 0 spiro atoms. The lowest BCUT2D eigenvalue weighted by atomic mass is 9.98. The van der Waals surface area contributed by atoms with Crippen molar-refractivity contribution in [1.82, 2.24) is 9.78 Å². The van der Waals surface area contributed by atoms with Crippen molar-refractivity contribution in [1.29, 1.82) is 0 Å². The van der Waals surface area contributed by atoms with Crippen molar-refractivity contribution in [3.63, 3.8) is 0 Å². The molecule has 1 aromatic carbocycles. The monoisotopic (exact) mass is 369 g/mol. The van der Waals surface area contributed by atoms with Crippen LogP contribution in [0.4, 0.5) is 22.0 Å². The van der Waals surface area contributed by atoms with Gasteiger partial charge < -0.3 is 14.8 Å². The number of allylic oxidation sites excluding steroid dienone is 2. The van der Waals surface area contributed by atoms with Crippen molar-refractivity contribution >= 4 is 23.3 Å². The van der Waals surface area contributed by atoms with Crippen LogP contribution in [0.2, 0.25) is 0 Å². The van der Waals surface area contributed by atoms with Crippen LogP contribution >= 0.6 is 0 Å². The molecule has 2 aliphatic rings. The summed E-state index contributed by atoms with van der Waals surface area (Å²) >= 11 is 0. The fraction of sp³-hybridized carbons (Fsp3) is 0.333. The number of hydrogen-bond acceptors (Lipinski definition) is 7. The van der Waals surface area contributed by atoms with Crippen molar-refractivity contribution in [2.45, 2.75) is 25.6 Å². The average molecular weight is 369 g/mol. The van der Waals surface area contributed by atoms with Gasteiger partial charge in [0, 0.05) is 5.92 Å². The SMILES string of the molecule is CCOC(=O)OC1Nc2c(N=Nc3ccccc3)c(=O)[nH]n2C2C=CCC12. The molecule has 2 heterocycles. The van der Waals surface area contributed by atoms with Gasteiger partial charge in [-0.2, -0.15) is 5.11 Å². The summed E-state index contributed by atoms with van der Waals surface area (Å²) in [6, 6.07) is 8.98. The number of rotatable bonds is 4. The normalized spacial score (nSPS) is 22.9. The van der Waals surface area contributed by atoms with E-state index in [0.29, 0.717) is 17.9 Å². The molecule has 2 N–H and O–H groups in total. The van der Waals surface area contributed by atoms with E-state index in [0.717, 1.165) is 0 Å². The summed E-state index contributed by atoms with van der Waals surface area (Å²) in [5.41, 5.74) is 0.397. The Kier molecular flexibility index (Phi) is 4.49. The molecule has 0 radical (unpaired) electrons. The van der Waals surface area contributed by atoms with Gasteiger partial charge >= 0.3 is 6.16 Å². The highest BCUT2D eigenvalue weighted by Crippen LogP contribution is 2.42. The molecular formula is C18H19N5O4. The summed E-state index contributed by atoms with van der Waals surface area (Å²) in [6.45, 7) is 1.94. The number of nitrogens with zero attached hydrogens (tertiary/aromatic N) is 3. The highest BCUT2D eigenvalue weighted by molar-refractivity contribution is 5.64. The average Bonchev–Trinajstić information content (AvgIpc) is 3.26. The number of hydrogen-bond donors (Lipinski definition) is 2. The topological polar surface area (TPSA) is 110 Å². The molecule has 0 bridgehead atoms. The minimum Gasteiger partial charge on any atom is -0.435 e. The Labute approximate surface area is 154 Å². The van der Waals surface area contributed by atoms with Crippen LogP contribution in [-0.2, 0) is 9.47 Å². The fourth-order valence-corrected chi connectivity index (χ4v) is 3.35. The molecule has 2 aromatic rings. The highest BCUT2D eigenvalue weighted by atomic mass is 16.7. The van der Waals surface area contributed by atoms with E-state index in [1.807, 2.05) is 30.4 Å². The summed E-state index contributed by atoms with van der Waals surface area (Å²) in [4.78, 5) is 24.2. The summed E-state index contributed by atoms with van der Waals surface area (Å²) in [5.74, 6) is 0.380. The second-order valence-electron chi connectivity index (χ2n) is 6.23. The molecule has 140 valence electrons. The minimum atomic E-state index is -0.751. The maximum Gasteiger partial charge on any atom is 0.510 e. The first-order chi connectivity index (χ1) is 13.2. The zero-order valence-corrected chi connectivity index (χ0v) is 14.7. The number of benzene rings is 1. The third-order valence-electron chi connectivity index (χ3n) is 4.56. The van der Waals surface area contributed by atoms with E-state index >= 15 is 0 Å². The third-order valence-corrected chi connectivity index (χ3v) is 4.56. The number of fused-ring (bicyclic) bond motifs is 3. The Bertz CT molecular complexity index is 946. The predicted octanol–water partition coefficient (Wildman–Crippen LogP) is 3.63. The zero-order chi connectivity index (χ0) is 18.8. The van der Waals surface area contributed by atoms with E-state index in [2.05, 4.69) is 20.6 Å². The molecule has 27 heavy (non-hydrogen) atoms. The van der Waals surface area contributed by atoms with Crippen molar-refractivity contribution in [2.24, 2.45) is 16.1 Å². The molecule has 1 aliphatic heterocycles. The third kappa shape index (κ3) is 3.23. The first-order valence-electron chi connectivity index (χ1n) is 8.75. The van der Waals surface area contributed by atoms with E-state index in [1.165, 1.54) is 0 Å². The van der Waals surface area contributed by atoms with Crippen LogP contribution in [0.25, 0.3) is 0 Å². The Morgan fingerprint density at radius 1 is 1.30 bits per heavy atom. The summed E-state index contributed by atoms with van der Waals surface area (Å²) in [5, 5.41) is 14.1. The smallest absolute Gasteiger partial charge is 0.435 e. The number of carbonyl (C=O) groups excluding carboxylic acids is 1. The summed E-state index contributed by atoms with van der Waals surface area (Å²) in [7, 11) is 0. The number of aromatic nitrogens is 2. The van der Waals surface area contributed by atoms with Gasteiger partial charge in [0.25, 0.3) is 5.56 Å². The van der Waals surface area contributed by atoms with Gasteiger partial charge in [0.1, 0.15) is 0 Å². The lowest BCUT2D eigenvalue weighted by Crippen LogP contribution is -2.42. The van der Waals surface area contributed by atoms with Gasteiger partial charge in [0.2, 0.25) is 0 Å². The largest absolute Gasteiger partial charge is 0.510 e. The van der Waals surface area contributed by atoms with Gasteiger partial charge in [0.15, 0.2) is 17.7 Å². The summed E-state index contributed by atoms with van der Waals surface area (Å²) in [6.07, 6.45) is 3.30. The first-order valence-corrected chi connectivity index (χ1v) is 8.75. The first kappa shape index (κ1) is 17.1. The molecule has 0 saturated carbocycles. The molecule has 1 aliphatic carbocycles. The molecule has 0 saturated heterocycles. The molecule has 4 rings (SSSR count). The van der Waals surface area contributed by atoms with Crippen molar-refractivity contribution < 1.29 is 14.3 Å². The maximum absolute atomic E-state index is 12.4. The molecule has 3 unspecified atom stereocenters. The number of carbonyl (C=O) groups is 1. The Morgan fingerprint density at radius 3 is 2.89 bits per heavy atom. The number of azo groups is 1. The van der Waals surface area contributed by atoms with Gasteiger partial charge in [-0.1, -0.05) is 30.4 Å². The predicted molar refractivity (Wildman–Crippen MR) is 97.5 cm³/mol. The van der Waals surface area contributed by atoms with E-state index < -0.39 is 12.4 Å². The van der Waals surface area contributed by atoms with Gasteiger partial charge in [-0.3, -0.25) is 14.6 Å². The Morgan fingerprint density at radius 2 is 2.11 bits per heavy atom. The number of nitrogens with one attached hydrogen (secondary N) is 2. The van der Waals surface area contributed by atoms with Gasteiger partial charge in [-0.05, 0) is 25.5 Å². The second-order valence-corrected chi connectivity index (χ2v) is 6.23. The van der Waals surface area contributed by atoms with Crippen molar-refractivity contribution in [3.05, 3.63) is 52.8 Å². The molecule has 3 atom stereocenters. The number of anilines is 1. The zero-order valence-electron chi connectivity index (χ0n) is 14.7. The molecule has 1 aromatic heterocycles. The van der Waals surface area contributed by atoms with Gasteiger partial charge in [0.05, 0.1) is 18.3 Å². The number of ether oxygens (including phenoxy) is 2. The van der Waals surface area contributed by atoms with Crippen molar-refractivity contribution in [2.75, 3.05) is 11.9 Å². The second kappa shape index (κ2) is 7.10. The highest BCUT2D eigenvalue weighted by Gasteiger charge is 2.41. The van der Waals surface area contributed by atoms with Crippen LogP contribution in [0.1, 0.15) is 19.4 Å². The lowest BCUT2D eigenvalue weighted by molar-refractivity contribution is 0.00600. The lowest BCUT2D eigenvalue weighted by Gasteiger charge is -2.35. The van der Waals surface area contributed by atoms with Crippen LogP contribution in [-0.4, -0.2) is 28.8 Å². The van der Waals surface area contributed by atoms with Crippen LogP contribution < -0.4 is 10.9 Å². The maximum atomic E-state index is 12.4. The van der Waals surface area contributed by atoms with Crippen molar-refractivity contribution in [3.8, 4) is 0 Å². The minimum absolute atomic E-state index is 0.0520. The molecule has 9 heteroatoms. The van der Waals surface area contributed by atoms with Gasteiger partial charge in [-0.15, -0.1) is 5.11 Å². The van der Waals surface area contributed by atoms with E-state index in [4.69, 9.17) is 9.47 Å².